The van der Waals surface area contributed by atoms with Gasteiger partial charge in [-0.2, -0.15) is 13.2 Å². The predicted octanol–water partition coefficient (Wildman–Crippen LogP) is 2.49. The van der Waals surface area contributed by atoms with E-state index in [0.717, 1.165) is 12.1 Å². The number of halogens is 4. The molecule has 1 aromatic rings. The van der Waals surface area contributed by atoms with Crippen LogP contribution in [0.5, 0.6) is 0 Å². The van der Waals surface area contributed by atoms with Crippen molar-refractivity contribution in [1.29, 1.82) is 0 Å². The molecule has 0 spiro atoms. The first kappa shape index (κ1) is 18.2. The lowest BCUT2D eigenvalue weighted by molar-refractivity contribution is -0.137. The first-order valence-electron chi connectivity index (χ1n) is 6.09. The van der Waals surface area contributed by atoms with E-state index in [9.17, 15) is 21.6 Å². The Hall–Kier alpha value is -0.830. The van der Waals surface area contributed by atoms with Gasteiger partial charge in [0.2, 0.25) is 10.0 Å². The van der Waals surface area contributed by atoms with Crippen molar-refractivity contribution in [2.24, 2.45) is 5.92 Å². The molecule has 21 heavy (non-hydrogen) atoms. The number of hydrogen-bond acceptors (Lipinski definition) is 3. The second-order valence-corrected chi connectivity index (χ2v) is 6.83. The Morgan fingerprint density at radius 2 is 1.90 bits per heavy atom. The SMILES string of the molecule is CNCC(C)CNS(=O)(=O)c1ccc(Cl)c(C(F)(F)F)c1. The van der Waals surface area contributed by atoms with Gasteiger partial charge in [-0.3, -0.25) is 0 Å². The molecule has 1 aromatic carbocycles. The van der Waals surface area contributed by atoms with Gasteiger partial charge in [0.25, 0.3) is 0 Å². The van der Waals surface area contributed by atoms with Crippen LogP contribution in [0.3, 0.4) is 0 Å². The lowest BCUT2D eigenvalue weighted by Gasteiger charge is -2.14. The maximum atomic E-state index is 12.7. The van der Waals surface area contributed by atoms with E-state index in [2.05, 4.69) is 10.0 Å². The first-order valence-corrected chi connectivity index (χ1v) is 7.95. The van der Waals surface area contributed by atoms with E-state index in [-0.39, 0.29) is 12.5 Å². The van der Waals surface area contributed by atoms with Crippen molar-refractivity contribution in [3.63, 3.8) is 0 Å². The summed E-state index contributed by atoms with van der Waals surface area (Å²) in [5.41, 5.74) is -1.17. The molecule has 0 radical (unpaired) electrons. The van der Waals surface area contributed by atoms with Gasteiger partial charge in [0, 0.05) is 6.54 Å². The third-order valence-electron chi connectivity index (χ3n) is 2.73. The summed E-state index contributed by atoms with van der Waals surface area (Å²) in [6, 6.07) is 2.51. The lowest BCUT2D eigenvalue weighted by atomic mass is 10.2. The van der Waals surface area contributed by atoms with Gasteiger partial charge in [-0.05, 0) is 37.7 Å². The Morgan fingerprint density at radius 3 is 2.43 bits per heavy atom. The van der Waals surface area contributed by atoms with E-state index in [0.29, 0.717) is 12.6 Å². The van der Waals surface area contributed by atoms with Crippen molar-refractivity contribution in [2.75, 3.05) is 20.1 Å². The molecule has 0 aliphatic heterocycles. The topological polar surface area (TPSA) is 58.2 Å². The molecule has 0 aliphatic rings. The summed E-state index contributed by atoms with van der Waals surface area (Å²) in [6.45, 7) is 2.51. The van der Waals surface area contributed by atoms with Crippen molar-refractivity contribution >= 4 is 21.6 Å². The predicted molar refractivity (Wildman–Crippen MR) is 74.7 cm³/mol. The Labute approximate surface area is 126 Å². The number of benzene rings is 1. The van der Waals surface area contributed by atoms with Crippen molar-refractivity contribution in [2.45, 2.75) is 18.0 Å². The van der Waals surface area contributed by atoms with Crippen molar-refractivity contribution < 1.29 is 21.6 Å². The van der Waals surface area contributed by atoms with Gasteiger partial charge in [-0.15, -0.1) is 0 Å². The Kier molecular flexibility index (Phi) is 6.03. The fourth-order valence-electron chi connectivity index (χ4n) is 1.64. The van der Waals surface area contributed by atoms with Crippen LogP contribution in [-0.2, 0) is 16.2 Å². The highest BCUT2D eigenvalue weighted by atomic mass is 35.5. The maximum Gasteiger partial charge on any atom is 0.417 e. The normalized spacial score (nSPS) is 14.2. The number of alkyl halides is 3. The van der Waals surface area contributed by atoms with E-state index < -0.39 is 31.7 Å². The highest BCUT2D eigenvalue weighted by Gasteiger charge is 2.34. The molecule has 0 aliphatic carbocycles. The maximum absolute atomic E-state index is 12.7. The number of sulfonamides is 1. The van der Waals surface area contributed by atoms with Crippen LogP contribution in [0.1, 0.15) is 12.5 Å². The largest absolute Gasteiger partial charge is 0.417 e. The molecule has 0 saturated heterocycles. The fraction of sp³-hybridized carbons (Fsp3) is 0.500. The molecule has 0 heterocycles. The molecule has 0 aromatic heterocycles. The molecule has 4 nitrogen and oxygen atoms in total. The zero-order chi connectivity index (χ0) is 16.3. The highest BCUT2D eigenvalue weighted by Crippen LogP contribution is 2.35. The third kappa shape index (κ3) is 5.14. The van der Waals surface area contributed by atoms with Gasteiger partial charge in [0.15, 0.2) is 0 Å². The molecular weight excluding hydrogens is 329 g/mol. The van der Waals surface area contributed by atoms with Gasteiger partial charge in [-0.25, -0.2) is 13.1 Å². The fourth-order valence-corrected chi connectivity index (χ4v) is 3.06. The zero-order valence-electron chi connectivity index (χ0n) is 11.5. The second kappa shape index (κ2) is 6.95. The summed E-state index contributed by atoms with van der Waals surface area (Å²) in [4.78, 5) is -0.462. The minimum Gasteiger partial charge on any atom is -0.319 e. The third-order valence-corrected chi connectivity index (χ3v) is 4.48. The van der Waals surface area contributed by atoms with Crippen LogP contribution in [0.2, 0.25) is 5.02 Å². The quantitative estimate of drug-likeness (QED) is 0.833. The first-order chi connectivity index (χ1) is 9.58. The molecule has 0 amide bonds. The van der Waals surface area contributed by atoms with Gasteiger partial charge in [-0.1, -0.05) is 18.5 Å². The lowest BCUT2D eigenvalue weighted by Crippen LogP contribution is -2.32. The Morgan fingerprint density at radius 1 is 1.29 bits per heavy atom. The summed E-state index contributed by atoms with van der Waals surface area (Å²) < 4.78 is 64.4. The summed E-state index contributed by atoms with van der Waals surface area (Å²) in [6.07, 6.45) is -4.71. The monoisotopic (exact) mass is 344 g/mol. The zero-order valence-corrected chi connectivity index (χ0v) is 13.0. The molecule has 1 atom stereocenters. The Bertz CT molecular complexity index is 591. The van der Waals surface area contributed by atoms with Crippen LogP contribution in [0.15, 0.2) is 23.1 Å². The molecule has 0 fully saturated rings. The second-order valence-electron chi connectivity index (χ2n) is 4.65. The van der Waals surface area contributed by atoms with Crippen molar-refractivity contribution in [3.05, 3.63) is 28.8 Å². The van der Waals surface area contributed by atoms with Crippen LogP contribution in [0, 0.1) is 5.92 Å². The molecule has 2 N–H and O–H groups in total. The summed E-state index contributed by atoms with van der Waals surface area (Å²) in [5, 5.41) is 2.34. The van der Waals surface area contributed by atoms with Crippen LogP contribution >= 0.6 is 11.6 Å². The van der Waals surface area contributed by atoms with Crippen LogP contribution in [-0.4, -0.2) is 28.6 Å². The van der Waals surface area contributed by atoms with Crippen molar-refractivity contribution in [3.8, 4) is 0 Å². The van der Waals surface area contributed by atoms with Gasteiger partial charge in [0.05, 0.1) is 15.5 Å². The average molecular weight is 345 g/mol. The average Bonchev–Trinajstić information content (AvgIpc) is 2.36. The van der Waals surface area contributed by atoms with Gasteiger partial charge >= 0.3 is 6.18 Å². The summed E-state index contributed by atoms with van der Waals surface area (Å²) >= 11 is 5.46. The minimum atomic E-state index is -4.71. The van der Waals surface area contributed by atoms with Crippen molar-refractivity contribution in [1.82, 2.24) is 10.0 Å². The number of nitrogens with one attached hydrogen (secondary N) is 2. The Balaban J connectivity index is 2.99. The number of rotatable bonds is 6. The summed E-state index contributed by atoms with van der Waals surface area (Å²) in [7, 11) is -2.29. The smallest absolute Gasteiger partial charge is 0.319 e. The molecule has 1 rings (SSSR count). The van der Waals surface area contributed by atoms with E-state index in [1.165, 1.54) is 0 Å². The van der Waals surface area contributed by atoms with E-state index >= 15 is 0 Å². The van der Waals surface area contributed by atoms with Gasteiger partial charge in [0.1, 0.15) is 0 Å². The molecule has 1 unspecified atom stereocenters. The molecule has 9 heteroatoms. The molecule has 0 saturated carbocycles. The van der Waals surface area contributed by atoms with Crippen LogP contribution in [0.25, 0.3) is 0 Å². The standard InChI is InChI=1S/C12H16ClF3N2O2S/c1-8(6-17-2)7-18-21(19,20)9-3-4-11(13)10(5-9)12(14,15)16/h3-5,8,17-18H,6-7H2,1-2H3. The van der Waals surface area contributed by atoms with E-state index in [1.807, 2.05) is 6.92 Å². The van der Waals surface area contributed by atoms with Gasteiger partial charge < -0.3 is 5.32 Å². The highest BCUT2D eigenvalue weighted by molar-refractivity contribution is 7.89. The molecular formula is C12H16ClF3N2O2S. The van der Waals surface area contributed by atoms with Crippen LogP contribution in [0.4, 0.5) is 13.2 Å². The minimum absolute atomic E-state index is 0.000776. The molecule has 120 valence electrons. The van der Waals surface area contributed by atoms with E-state index in [1.54, 1.807) is 7.05 Å². The molecule has 0 bridgehead atoms. The summed E-state index contributed by atoms with van der Waals surface area (Å²) in [5.74, 6) is -0.000776. The number of hydrogen-bond donors (Lipinski definition) is 2. The van der Waals surface area contributed by atoms with Crippen LogP contribution < -0.4 is 10.0 Å². The van der Waals surface area contributed by atoms with E-state index in [4.69, 9.17) is 11.6 Å².